The summed E-state index contributed by atoms with van der Waals surface area (Å²) in [6.45, 7) is 3.59. The summed E-state index contributed by atoms with van der Waals surface area (Å²) >= 11 is 0. The number of nitrogens with one attached hydrogen (secondary N) is 1. The molecule has 3 aromatic rings. The van der Waals surface area contributed by atoms with Crippen LogP contribution in [0.15, 0.2) is 35.3 Å². The van der Waals surface area contributed by atoms with E-state index in [1.54, 1.807) is 19.9 Å². The first kappa shape index (κ1) is 21.0. The Morgan fingerprint density at radius 3 is 2.60 bits per heavy atom. The molecule has 8 nitrogen and oxygen atoms in total. The van der Waals surface area contributed by atoms with Crippen LogP contribution in [0.1, 0.15) is 45.7 Å². The molecule has 0 fully saturated rings. The van der Waals surface area contributed by atoms with Gasteiger partial charge in [-0.1, -0.05) is 6.07 Å². The fraction of sp³-hybridized carbons (Fsp3) is 0.238. The molecule has 3 N–H and O–H groups in total. The molecule has 156 valence electrons. The van der Waals surface area contributed by atoms with Gasteiger partial charge in [0.15, 0.2) is 11.3 Å². The van der Waals surface area contributed by atoms with Crippen molar-refractivity contribution < 1.29 is 24.2 Å². The van der Waals surface area contributed by atoms with Crippen LogP contribution in [0.4, 0.5) is 4.39 Å². The largest absolute Gasteiger partial charge is 0.505 e. The van der Waals surface area contributed by atoms with E-state index in [1.807, 2.05) is 0 Å². The standard InChI is InChI=1S/C21H20FN3O5/c1-10(2)24-19(27)14-8-13(22)5-4-12(14)6-11-7-15-17(23-9-11)18(26)16(21(29)30)20(28)25(15)3/h4-5,7-10,26H,6H2,1-3H3,(H,24,27)(H,29,30). The predicted octanol–water partition coefficient (Wildman–Crippen LogP) is 2.21. The third-order valence-corrected chi connectivity index (χ3v) is 4.61. The highest BCUT2D eigenvalue weighted by atomic mass is 19.1. The minimum Gasteiger partial charge on any atom is -0.505 e. The zero-order valence-electron chi connectivity index (χ0n) is 16.6. The molecule has 0 spiro atoms. The van der Waals surface area contributed by atoms with Gasteiger partial charge in [-0.2, -0.15) is 0 Å². The number of carbonyl (C=O) groups is 2. The molecule has 0 saturated heterocycles. The van der Waals surface area contributed by atoms with E-state index in [-0.39, 0.29) is 29.1 Å². The van der Waals surface area contributed by atoms with Gasteiger partial charge in [0.2, 0.25) is 0 Å². The highest BCUT2D eigenvalue weighted by Crippen LogP contribution is 2.26. The molecule has 0 aliphatic carbocycles. The van der Waals surface area contributed by atoms with Crippen LogP contribution in [0.2, 0.25) is 0 Å². The fourth-order valence-electron chi connectivity index (χ4n) is 3.19. The molecule has 0 aliphatic rings. The lowest BCUT2D eigenvalue weighted by atomic mass is 9.99. The van der Waals surface area contributed by atoms with Crippen molar-refractivity contribution in [1.29, 1.82) is 0 Å². The van der Waals surface area contributed by atoms with Gasteiger partial charge in [0, 0.05) is 24.8 Å². The third kappa shape index (κ3) is 3.86. The van der Waals surface area contributed by atoms with Crippen LogP contribution in [0, 0.1) is 5.82 Å². The van der Waals surface area contributed by atoms with Gasteiger partial charge in [-0.05, 0) is 49.6 Å². The summed E-state index contributed by atoms with van der Waals surface area (Å²) in [5.74, 6) is -3.21. The zero-order chi connectivity index (χ0) is 22.2. The maximum atomic E-state index is 13.7. The second kappa shape index (κ2) is 7.94. The van der Waals surface area contributed by atoms with Crippen LogP contribution in [0.5, 0.6) is 5.75 Å². The molecule has 0 saturated carbocycles. The van der Waals surface area contributed by atoms with Crippen LogP contribution >= 0.6 is 0 Å². The summed E-state index contributed by atoms with van der Waals surface area (Å²) in [7, 11) is 1.38. The van der Waals surface area contributed by atoms with Gasteiger partial charge < -0.3 is 20.1 Å². The molecule has 1 amide bonds. The predicted molar refractivity (Wildman–Crippen MR) is 107 cm³/mol. The van der Waals surface area contributed by atoms with E-state index < -0.39 is 34.6 Å². The van der Waals surface area contributed by atoms with Crippen molar-refractivity contribution in [2.24, 2.45) is 7.05 Å². The number of rotatable bonds is 5. The first-order valence-corrected chi connectivity index (χ1v) is 9.13. The van der Waals surface area contributed by atoms with Gasteiger partial charge >= 0.3 is 5.97 Å². The Hall–Kier alpha value is -3.75. The van der Waals surface area contributed by atoms with Crippen molar-refractivity contribution >= 4 is 22.9 Å². The smallest absolute Gasteiger partial charge is 0.345 e. The Labute approximate surface area is 170 Å². The van der Waals surface area contributed by atoms with Crippen LogP contribution in [0.25, 0.3) is 11.0 Å². The molecule has 30 heavy (non-hydrogen) atoms. The fourth-order valence-corrected chi connectivity index (χ4v) is 3.19. The summed E-state index contributed by atoms with van der Waals surface area (Å²) in [6, 6.07) is 5.34. The Balaban J connectivity index is 2.09. The van der Waals surface area contributed by atoms with Crippen molar-refractivity contribution in [3.05, 3.63) is 68.9 Å². The number of fused-ring (bicyclic) bond motifs is 1. The lowest BCUT2D eigenvalue weighted by Crippen LogP contribution is -2.31. The number of carbonyl (C=O) groups excluding carboxylic acids is 1. The second-order valence-electron chi connectivity index (χ2n) is 7.21. The van der Waals surface area contributed by atoms with E-state index in [1.165, 1.54) is 25.4 Å². The van der Waals surface area contributed by atoms with E-state index >= 15 is 0 Å². The van der Waals surface area contributed by atoms with E-state index in [2.05, 4.69) is 10.3 Å². The van der Waals surface area contributed by atoms with Crippen molar-refractivity contribution in [2.45, 2.75) is 26.3 Å². The first-order valence-electron chi connectivity index (χ1n) is 9.13. The van der Waals surface area contributed by atoms with Gasteiger partial charge in [-0.25, -0.2) is 9.18 Å². The van der Waals surface area contributed by atoms with E-state index in [4.69, 9.17) is 0 Å². The van der Waals surface area contributed by atoms with Crippen LogP contribution in [0.3, 0.4) is 0 Å². The monoisotopic (exact) mass is 413 g/mol. The average Bonchev–Trinajstić information content (AvgIpc) is 2.66. The lowest BCUT2D eigenvalue weighted by molar-refractivity contribution is 0.0691. The van der Waals surface area contributed by atoms with E-state index in [0.717, 1.165) is 10.6 Å². The minimum atomic E-state index is -1.55. The number of carboxylic acid groups (broad SMARTS) is 1. The molecule has 3 rings (SSSR count). The normalized spacial score (nSPS) is 11.1. The minimum absolute atomic E-state index is 0.0323. The summed E-state index contributed by atoms with van der Waals surface area (Å²) in [6.07, 6.45) is 1.62. The van der Waals surface area contributed by atoms with Crippen molar-refractivity contribution in [3.63, 3.8) is 0 Å². The number of halogens is 1. The number of aromatic carboxylic acids is 1. The number of hydrogen-bond acceptors (Lipinski definition) is 5. The van der Waals surface area contributed by atoms with E-state index in [0.29, 0.717) is 11.1 Å². The highest BCUT2D eigenvalue weighted by molar-refractivity contribution is 5.97. The van der Waals surface area contributed by atoms with Crippen LogP contribution < -0.4 is 10.9 Å². The number of aromatic hydroxyl groups is 1. The number of carboxylic acids is 1. The number of aromatic nitrogens is 2. The number of nitrogens with zero attached hydrogens (tertiary/aromatic N) is 2. The Morgan fingerprint density at radius 2 is 1.97 bits per heavy atom. The number of hydrogen-bond donors (Lipinski definition) is 3. The maximum absolute atomic E-state index is 13.7. The molecule has 0 aliphatic heterocycles. The number of benzene rings is 1. The third-order valence-electron chi connectivity index (χ3n) is 4.61. The summed E-state index contributed by atoms with van der Waals surface area (Å²) < 4.78 is 14.8. The summed E-state index contributed by atoms with van der Waals surface area (Å²) in [5, 5.41) is 22.1. The van der Waals surface area contributed by atoms with Gasteiger partial charge in [0.1, 0.15) is 11.3 Å². The van der Waals surface area contributed by atoms with Gasteiger partial charge in [-0.15, -0.1) is 0 Å². The Morgan fingerprint density at radius 1 is 1.27 bits per heavy atom. The van der Waals surface area contributed by atoms with Gasteiger partial charge in [0.05, 0.1) is 5.52 Å². The molecule has 0 unspecified atom stereocenters. The van der Waals surface area contributed by atoms with Crippen LogP contribution in [-0.4, -0.2) is 37.7 Å². The molecule has 0 radical (unpaired) electrons. The quantitative estimate of drug-likeness (QED) is 0.590. The van der Waals surface area contributed by atoms with Crippen molar-refractivity contribution in [1.82, 2.24) is 14.9 Å². The molecule has 0 bridgehead atoms. The summed E-state index contributed by atoms with van der Waals surface area (Å²) in [5.41, 5.74) is -0.105. The number of amides is 1. The zero-order valence-corrected chi connectivity index (χ0v) is 16.6. The molecule has 9 heteroatoms. The molecule has 2 aromatic heterocycles. The average molecular weight is 413 g/mol. The number of aryl methyl sites for hydroxylation is 1. The molecule has 1 aromatic carbocycles. The molecule has 2 heterocycles. The number of pyridine rings is 2. The maximum Gasteiger partial charge on any atom is 0.345 e. The lowest BCUT2D eigenvalue weighted by Gasteiger charge is -2.14. The van der Waals surface area contributed by atoms with Crippen molar-refractivity contribution in [3.8, 4) is 5.75 Å². The molecular weight excluding hydrogens is 393 g/mol. The summed E-state index contributed by atoms with van der Waals surface area (Å²) in [4.78, 5) is 40.1. The molecular formula is C21H20FN3O5. The topological polar surface area (TPSA) is 122 Å². The van der Waals surface area contributed by atoms with Gasteiger partial charge in [-0.3, -0.25) is 14.6 Å². The van der Waals surface area contributed by atoms with Gasteiger partial charge in [0.25, 0.3) is 11.5 Å². The van der Waals surface area contributed by atoms with Crippen LogP contribution in [-0.2, 0) is 13.5 Å². The second-order valence-corrected chi connectivity index (χ2v) is 7.21. The highest BCUT2D eigenvalue weighted by Gasteiger charge is 2.22. The van der Waals surface area contributed by atoms with Crippen molar-refractivity contribution in [2.75, 3.05) is 0 Å². The molecule has 0 atom stereocenters. The Kier molecular flexibility index (Phi) is 5.55. The van der Waals surface area contributed by atoms with E-state index in [9.17, 15) is 29.0 Å². The Bertz CT molecular complexity index is 1230. The first-order chi connectivity index (χ1) is 14.1. The SMILES string of the molecule is CC(C)NC(=O)c1cc(F)ccc1Cc1cnc2c(O)c(C(=O)O)c(=O)n(C)c2c1.